The van der Waals surface area contributed by atoms with Crippen LogP contribution in [0.15, 0.2) is 0 Å². The molecule has 3 heteroatoms. The van der Waals surface area contributed by atoms with Gasteiger partial charge < -0.3 is 10.2 Å². The van der Waals surface area contributed by atoms with Gasteiger partial charge in [0, 0.05) is 0 Å². The molecule has 0 aliphatic heterocycles. The van der Waals surface area contributed by atoms with Crippen molar-refractivity contribution in [1.82, 2.24) is 0 Å². The summed E-state index contributed by atoms with van der Waals surface area (Å²) in [4.78, 5) is 12.1. The highest BCUT2D eigenvalue weighted by molar-refractivity contribution is 5.70. The molecule has 11 atom stereocenters. The molecule has 0 spiro atoms. The Labute approximate surface area is 202 Å². The van der Waals surface area contributed by atoms with Gasteiger partial charge >= 0.3 is 5.97 Å². The quantitative estimate of drug-likeness (QED) is 0.461. The fourth-order valence-corrected chi connectivity index (χ4v) is 11.7. The summed E-state index contributed by atoms with van der Waals surface area (Å²) in [6.07, 6.45) is 12.0. The van der Waals surface area contributed by atoms with E-state index in [0.717, 1.165) is 18.8 Å². The topological polar surface area (TPSA) is 57.5 Å². The van der Waals surface area contributed by atoms with E-state index < -0.39 is 5.97 Å². The van der Waals surface area contributed by atoms with Gasteiger partial charge in [-0.05, 0) is 121 Å². The first-order chi connectivity index (χ1) is 15.2. The van der Waals surface area contributed by atoms with Crippen molar-refractivity contribution in [3.05, 3.63) is 0 Å². The molecule has 0 bridgehead atoms. The van der Waals surface area contributed by atoms with E-state index in [4.69, 9.17) is 0 Å². The maximum Gasteiger partial charge on any atom is 0.306 e. The van der Waals surface area contributed by atoms with Gasteiger partial charge in [-0.25, -0.2) is 0 Å². The van der Waals surface area contributed by atoms with Crippen LogP contribution in [-0.4, -0.2) is 22.3 Å². The van der Waals surface area contributed by atoms with Crippen LogP contribution in [0.5, 0.6) is 0 Å². The predicted molar refractivity (Wildman–Crippen MR) is 133 cm³/mol. The van der Waals surface area contributed by atoms with Crippen molar-refractivity contribution in [2.75, 3.05) is 0 Å². The average Bonchev–Trinajstić information content (AvgIpc) is 3.08. The molecule has 2 N–H and O–H groups in total. The predicted octanol–water partition coefficient (Wildman–Crippen LogP) is 7.17. The van der Waals surface area contributed by atoms with Gasteiger partial charge in [0.05, 0.1) is 12.0 Å². The minimum Gasteiger partial charge on any atom is -0.481 e. The van der Waals surface area contributed by atoms with Crippen molar-refractivity contribution in [1.29, 1.82) is 0 Å². The van der Waals surface area contributed by atoms with Gasteiger partial charge in [-0.1, -0.05) is 48.5 Å². The number of carbonyl (C=O) groups is 1. The number of carboxylic acids is 1. The fraction of sp³-hybridized carbons (Fsp3) is 0.967. The standard InChI is InChI=1S/C30H50O3/c1-18(25(32)33)19-10-13-27(4)16-17-29(6)20(24(19)27)8-9-22-28(5)14-12-23(31)26(2,3)21(28)11-15-30(22,29)7/h18-24,31H,8-17H2,1-7H3,(H,32,33)/t18-,19+,20-,21+,22-,23+,24-,27-,28+,29-,30-/m0/s1. The van der Waals surface area contributed by atoms with Crippen LogP contribution in [0.2, 0.25) is 0 Å². The minimum atomic E-state index is -0.590. The smallest absolute Gasteiger partial charge is 0.306 e. The molecule has 188 valence electrons. The average molecular weight is 459 g/mol. The third-order valence-corrected chi connectivity index (χ3v) is 13.9. The summed E-state index contributed by atoms with van der Waals surface area (Å²) in [5.74, 6) is 2.08. The summed E-state index contributed by atoms with van der Waals surface area (Å²) in [6.45, 7) is 17.0. The van der Waals surface area contributed by atoms with Crippen molar-refractivity contribution >= 4 is 5.97 Å². The van der Waals surface area contributed by atoms with E-state index in [-0.39, 0.29) is 17.4 Å². The van der Waals surface area contributed by atoms with Gasteiger partial charge in [-0.3, -0.25) is 4.79 Å². The van der Waals surface area contributed by atoms with Crippen molar-refractivity contribution in [3.8, 4) is 0 Å². The first-order valence-corrected chi connectivity index (χ1v) is 14.1. The summed E-state index contributed by atoms with van der Waals surface area (Å²) in [5.41, 5.74) is 1.27. The monoisotopic (exact) mass is 458 g/mol. The number of carboxylic acid groups (broad SMARTS) is 1. The summed E-state index contributed by atoms with van der Waals surface area (Å²) in [6, 6.07) is 0. The molecule has 5 aliphatic carbocycles. The second-order valence-corrected chi connectivity index (χ2v) is 15.1. The van der Waals surface area contributed by atoms with Crippen molar-refractivity contribution < 1.29 is 15.0 Å². The van der Waals surface area contributed by atoms with E-state index in [1.54, 1.807) is 0 Å². The molecule has 0 unspecified atom stereocenters. The van der Waals surface area contributed by atoms with Gasteiger partial charge in [-0.2, -0.15) is 0 Å². The Kier molecular flexibility index (Phi) is 5.29. The second-order valence-electron chi connectivity index (χ2n) is 15.1. The maximum atomic E-state index is 12.1. The fourth-order valence-electron chi connectivity index (χ4n) is 11.7. The number of aliphatic hydroxyl groups excluding tert-OH is 1. The van der Waals surface area contributed by atoms with Gasteiger partial charge in [-0.15, -0.1) is 0 Å². The molecule has 5 saturated carbocycles. The maximum absolute atomic E-state index is 12.1. The second kappa shape index (κ2) is 7.23. The van der Waals surface area contributed by atoms with Gasteiger partial charge in [0.15, 0.2) is 0 Å². The summed E-state index contributed by atoms with van der Waals surface area (Å²) < 4.78 is 0. The Balaban J connectivity index is 1.53. The summed E-state index contributed by atoms with van der Waals surface area (Å²) >= 11 is 0. The molecule has 0 radical (unpaired) electrons. The first kappa shape index (κ1) is 24.1. The van der Waals surface area contributed by atoms with Gasteiger partial charge in [0.1, 0.15) is 0 Å². The molecule has 0 saturated heterocycles. The molecule has 5 aliphatic rings. The van der Waals surface area contributed by atoms with Crippen molar-refractivity contribution in [2.24, 2.45) is 62.6 Å². The van der Waals surface area contributed by atoms with Gasteiger partial charge in [0.25, 0.3) is 0 Å². The van der Waals surface area contributed by atoms with Crippen LogP contribution in [-0.2, 0) is 4.79 Å². The van der Waals surface area contributed by atoms with E-state index in [9.17, 15) is 15.0 Å². The lowest BCUT2D eigenvalue weighted by molar-refractivity contribution is -0.248. The van der Waals surface area contributed by atoms with Crippen LogP contribution in [0.1, 0.15) is 113 Å². The van der Waals surface area contributed by atoms with Crippen LogP contribution in [0.25, 0.3) is 0 Å². The minimum absolute atomic E-state index is 0.00465. The molecule has 5 fully saturated rings. The zero-order chi connectivity index (χ0) is 24.2. The third-order valence-electron chi connectivity index (χ3n) is 13.9. The molecule has 0 aromatic heterocycles. The highest BCUT2D eigenvalue weighted by Gasteiger charge is 2.70. The summed E-state index contributed by atoms with van der Waals surface area (Å²) in [7, 11) is 0. The molecular formula is C30H50O3. The van der Waals surface area contributed by atoms with E-state index >= 15 is 0 Å². The number of rotatable bonds is 2. The Morgan fingerprint density at radius 3 is 2.15 bits per heavy atom. The van der Waals surface area contributed by atoms with Crippen LogP contribution in [0.4, 0.5) is 0 Å². The molecule has 0 aromatic carbocycles. The number of aliphatic hydroxyl groups is 1. The normalized spacial score (nSPS) is 56.1. The lowest BCUT2D eigenvalue weighted by Crippen LogP contribution is -2.66. The SMILES string of the molecule is C[C@H](C(=O)O)[C@H]1CC[C@@]2(C)CC[C@@]3(C)[C@@H](CC[C@H]4[C@]5(C)CC[C@@H](O)C(C)(C)[C@H]5CC[C@@]43C)[C@H]12. The Morgan fingerprint density at radius 2 is 1.48 bits per heavy atom. The zero-order valence-corrected chi connectivity index (χ0v) is 22.4. The van der Waals surface area contributed by atoms with E-state index in [2.05, 4.69) is 41.5 Å². The van der Waals surface area contributed by atoms with Crippen molar-refractivity contribution in [2.45, 2.75) is 119 Å². The molecule has 0 aromatic rings. The molecular weight excluding hydrogens is 408 g/mol. The highest BCUT2D eigenvalue weighted by Crippen LogP contribution is 2.77. The molecule has 33 heavy (non-hydrogen) atoms. The highest BCUT2D eigenvalue weighted by atomic mass is 16.4. The Bertz CT molecular complexity index is 819. The third kappa shape index (κ3) is 2.93. The van der Waals surface area contributed by atoms with Gasteiger partial charge in [0.2, 0.25) is 0 Å². The van der Waals surface area contributed by atoms with Crippen LogP contribution in [0.3, 0.4) is 0 Å². The number of hydrogen-bond acceptors (Lipinski definition) is 2. The van der Waals surface area contributed by atoms with Crippen LogP contribution < -0.4 is 0 Å². The largest absolute Gasteiger partial charge is 0.481 e. The number of aliphatic carboxylic acids is 1. The van der Waals surface area contributed by atoms with Crippen LogP contribution >= 0.6 is 0 Å². The first-order valence-electron chi connectivity index (χ1n) is 14.1. The van der Waals surface area contributed by atoms with E-state index in [1.165, 1.54) is 51.4 Å². The van der Waals surface area contributed by atoms with Crippen LogP contribution in [0, 0.1) is 62.6 Å². The number of hydrogen-bond donors (Lipinski definition) is 2. The molecule has 3 nitrogen and oxygen atoms in total. The van der Waals surface area contributed by atoms with E-state index in [0.29, 0.717) is 45.3 Å². The Morgan fingerprint density at radius 1 is 0.788 bits per heavy atom. The molecule has 5 rings (SSSR count). The lowest BCUT2D eigenvalue weighted by Gasteiger charge is -2.73. The van der Waals surface area contributed by atoms with E-state index in [1.807, 2.05) is 6.92 Å². The molecule has 0 heterocycles. The molecule has 0 amide bonds. The number of fused-ring (bicyclic) bond motifs is 7. The Hall–Kier alpha value is -0.570. The van der Waals surface area contributed by atoms with Crippen molar-refractivity contribution in [3.63, 3.8) is 0 Å². The lowest BCUT2D eigenvalue weighted by atomic mass is 9.32. The summed E-state index contributed by atoms with van der Waals surface area (Å²) in [5, 5.41) is 20.8. The zero-order valence-electron chi connectivity index (χ0n) is 22.4.